The zero-order chi connectivity index (χ0) is 10.7. The summed E-state index contributed by atoms with van der Waals surface area (Å²) in [5, 5.41) is 10.2. The summed E-state index contributed by atoms with van der Waals surface area (Å²) >= 11 is 6.21. The smallest absolute Gasteiger partial charge is 0.348 e. The Kier molecular flexibility index (Phi) is 3.37. The molecule has 14 heavy (non-hydrogen) atoms. The van der Waals surface area contributed by atoms with Crippen molar-refractivity contribution < 1.29 is 14.5 Å². The van der Waals surface area contributed by atoms with Crippen molar-refractivity contribution in [2.24, 2.45) is 0 Å². The molecule has 0 spiro atoms. The topological polar surface area (TPSA) is 82.3 Å². The molecule has 0 amide bonds. The fourth-order valence-corrected chi connectivity index (χ4v) is 1.73. The van der Waals surface area contributed by atoms with Crippen LogP contribution in [-0.2, 0) is 16.0 Å². The van der Waals surface area contributed by atoms with Gasteiger partial charge in [0.2, 0.25) is 0 Å². The lowest BCUT2D eigenvalue weighted by atomic mass is 10.3. The van der Waals surface area contributed by atoms with Crippen LogP contribution >= 0.6 is 22.9 Å². The maximum Gasteiger partial charge on any atom is 0.348 e. The van der Waals surface area contributed by atoms with Gasteiger partial charge in [-0.1, -0.05) is 11.6 Å². The second-order valence-corrected chi connectivity index (χ2v) is 3.79. The minimum atomic E-state index is -0.623. The number of carbonyl (C=O) groups excluding carboxylic acids is 1. The number of hydrogen-bond acceptors (Lipinski definition) is 6. The molecule has 0 aromatic carbocycles. The number of halogens is 1. The molecule has 1 heterocycles. The van der Waals surface area contributed by atoms with Gasteiger partial charge in [-0.05, 0) is 11.3 Å². The number of nitrogens with zero attached hydrogens (tertiary/aromatic N) is 2. The second-order valence-electron chi connectivity index (χ2n) is 2.23. The highest BCUT2D eigenvalue weighted by Crippen LogP contribution is 2.30. The van der Waals surface area contributed by atoms with Crippen LogP contribution in [0.4, 0.5) is 5.00 Å². The van der Waals surface area contributed by atoms with Crippen molar-refractivity contribution in [1.29, 1.82) is 0 Å². The van der Waals surface area contributed by atoms with Crippen molar-refractivity contribution in [2.75, 3.05) is 7.11 Å². The number of nitro groups is 1. The van der Waals surface area contributed by atoms with Gasteiger partial charge in [-0.15, -0.1) is 0 Å². The molecule has 0 aliphatic rings. The zero-order valence-corrected chi connectivity index (χ0v) is 8.59. The Hall–Kier alpha value is -1.21. The van der Waals surface area contributed by atoms with Crippen molar-refractivity contribution in [1.82, 2.24) is 4.98 Å². The van der Waals surface area contributed by atoms with Crippen LogP contribution in [0.25, 0.3) is 0 Å². The predicted octanol–water partition coefficient (Wildman–Crippen LogP) is 1.42. The molecule has 0 unspecified atom stereocenters. The average Bonchev–Trinajstić information content (AvgIpc) is 2.46. The molecule has 1 aromatic rings. The van der Waals surface area contributed by atoms with Gasteiger partial charge in [-0.25, -0.2) is 4.98 Å². The van der Waals surface area contributed by atoms with Crippen LogP contribution < -0.4 is 0 Å². The number of hydrogen-bond donors (Lipinski definition) is 0. The summed E-state index contributed by atoms with van der Waals surface area (Å²) in [4.78, 5) is 24.4. The highest BCUT2D eigenvalue weighted by molar-refractivity contribution is 7.18. The fraction of sp³-hybridized carbons (Fsp3) is 0.333. The number of aromatic nitrogens is 1. The first-order valence-corrected chi connectivity index (χ1v) is 4.60. The Morgan fingerprint density at radius 2 is 2.43 bits per heavy atom. The summed E-state index contributed by atoms with van der Waals surface area (Å²) in [7, 11) is 1.20. The molecule has 76 valence electrons. The maximum absolute atomic E-state index is 10.8. The SMILES string of the molecule is COC(=O)Cc1nc(Cl)sc1[N+](=O)[O-]. The van der Waals surface area contributed by atoms with Crippen LogP contribution in [0.3, 0.4) is 0 Å². The zero-order valence-electron chi connectivity index (χ0n) is 7.02. The third kappa shape index (κ3) is 2.39. The van der Waals surface area contributed by atoms with Gasteiger partial charge in [0.15, 0.2) is 4.47 Å². The van der Waals surface area contributed by atoms with E-state index in [-0.39, 0.29) is 21.6 Å². The fourth-order valence-electron chi connectivity index (χ4n) is 0.782. The molecule has 1 aromatic heterocycles. The largest absolute Gasteiger partial charge is 0.469 e. The minimum Gasteiger partial charge on any atom is -0.469 e. The van der Waals surface area contributed by atoms with Crippen LogP contribution in [0.15, 0.2) is 0 Å². The van der Waals surface area contributed by atoms with Gasteiger partial charge in [0.25, 0.3) is 0 Å². The number of ether oxygens (including phenoxy) is 1. The first kappa shape index (κ1) is 10.9. The van der Waals surface area contributed by atoms with Crippen LogP contribution in [0, 0.1) is 10.1 Å². The van der Waals surface area contributed by atoms with E-state index in [1.54, 1.807) is 0 Å². The van der Waals surface area contributed by atoms with Gasteiger partial charge in [0.05, 0.1) is 18.5 Å². The Balaban J connectivity index is 2.95. The summed E-state index contributed by atoms with van der Waals surface area (Å²) in [6.45, 7) is 0. The van der Waals surface area contributed by atoms with Crippen LogP contribution in [-0.4, -0.2) is 23.0 Å². The standard InChI is InChI=1S/C6H5ClN2O4S/c1-13-4(10)2-3-5(9(11)12)14-6(7)8-3/h2H2,1H3. The molecule has 0 N–H and O–H groups in total. The summed E-state index contributed by atoms with van der Waals surface area (Å²) in [5.74, 6) is -0.588. The molecule has 0 atom stereocenters. The van der Waals surface area contributed by atoms with Gasteiger partial charge in [0.1, 0.15) is 5.69 Å². The second kappa shape index (κ2) is 4.34. The molecule has 0 saturated carbocycles. The van der Waals surface area contributed by atoms with E-state index in [1.165, 1.54) is 7.11 Å². The number of methoxy groups -OCH3 is 1. The number of rotatable bonds is 3. The molecule has 6 nitrogen and oxygen atoms in total. The van der Waals surface area contributed by atoms with Crippen molar-refractivity contribution in [3.05, 3.63) is 20.3 Å². The summed E-state index contributed by atoms with van der Waals surface area (Å²) in [6, 6.07) is 0. The molecule has 0 saturated heterocycles. The first-order chi connectivity index (χ1) is 6.54. The normalized spacial score (nSPS) is 9.86. The van der Waals surface area contributed by atoms with Crippen LogP contribution in [0.5, 0.6) is 0 Å². The molecule has 0 radical (unpaired) electrons. The molecular weight excluding hydrogens is 232 g/mol. The molecule has 0 bridgehead atoms. The number of thiazole rings is 1. The molecule has 0 aliphatic carbocycles. The highest BCUT2D eigenvalue weighted by atomic mass is 35.5. The Morgan fingerprint density at radius 1 is 1.79 bits per heavy atom. The highest BCUT2D eigenvalue weighted by Gasteiger charge is 2.22. The lowest BCUT2D eigenvalue weighted by Gasteiger charge is -1.94. The summed E-state index contributed by atoms with van der Waals surface area (Å²) in [6.07, 6.45) is -0.240. The van der Waals surface area contributed by atoms with E-state index in [0.29, 0.717) is 0 Å². The molecule has 1 rings (SSSR count). The average molecular weight is 237 g/mol. The van der Waals surface area contributed by atoms with Crippen LogP contribution in [0.1, 0.15) is 5.69 Å². The van der Waals surface area contributed by atoms with E-state index >= 15 is 0 Å². The Bertz CT molecular complexity index is 378. The summed E-state index contributed by atoms with van der Waals surface area (Å²) < 4.78 is 4.40. The van der Waals surface area contributed by atoms with Crippen molar-refractivity contribution >= 4 is 33.9 Å². The third-order valence-electron chi connectivity index (χ3n) is 1.36. The monoisotopic (exact) mass is 236 g/mol. The quantitative estimate of drug-likeness (QED) is 0.450. The Morgan fingerprint density at radius 3 is 2.93 bits per heavy atom. The van der Waals surface area contributed by atoms with Crippen molar-refractivity contribution in [3.8, 4) is 0 Å². The molecular formula is C6H5ClN2O4S. The predicted molar refractivity (Wildman–Crippen MR) is 49.5 cm³/mol. The third-order valence-corrected chi connectivity index (χ3v) is 2.51. The number of esters is 1. The van der Waals surface area contributed by atoms with Crippen molar-refractivity contribution in [2.45, 2.75) is 6.42 Å². The van der Waals surface area contributed by atoms with Crippen LogP contribution in [0.2, 0.25) is 4.47 Å². The lowest BCUT2D eigenvalue weighted by molar-refractivity contribution is -0.381. The molecule has 8 heteroatoms. The van der Waals surface area contributed by atoms with E-state index in [9.17, 15) is 14.9 Å². The first-order valence-electron chi connectivity index (χ1n) is 3.41. The van der Waals surface area contributed by atoms with E-state index in [0.717, 1.165) is 11.3 Å². The van der Waals surface area contributed by atoms with Gasteiger partial charge < -0.3 is 4.74 Å². The maximum atomic E-state index is 10.8. The van der Waals surface area contributed by atoms with Crippen molar-refractivity contribution in [3.63, 3.8) is 0 Å². The van der Waals surface area contributed by atoms with E-state index in [1.807, 2.05) is 0 Å². The summed E-state index contributed by atoms with van der Waals surface area (Å²) in [5.41, 5.74) is 0.0388. The van der Waals surface area contributed by atoms with E-state index in [4.69, 9.17) is 11.6 Å². The van der Waals surface area contributed by atoms with Gasteiger partial charge >= 0.3 is 11.0 Å². The Labute approximate surface area is 87.6 Å². The van der Waals surface area contributed by atoms with Gasteiger partial charge in [-0.3, -0.25) is 14.9 Å². The molecule has 0 fully saturated rings. The molecule has 0 aliphatic heterocycles. The lowest BCUT2D eigenvalue weighted by Crippen LogP contribution is -2.06. The van der Waals surface area contributed by atoms with E-state index < -0.39 is 10.9 Å². The number of carbonyl (C=O) groups is 1. The van der Waals surface area contributed by atoms with Gasteiger partial charge in [0, 0.05) is 0 Å². The minimum absolute atomic E-state index is 0.0376. The van der Waals surface area contributed by atoms with Gasteiger partial charge in [-0.2, -0.15) is 0 Å². The van der Waals surface area contributed by atoms with E-state index in [2.05, 4.69) is 9.72 Å².